The second-order valence-corrected chi connectivity index (χ2v) is 6.47. The van der Waals surface area contributed by atoms with Crippen molar-refractivity contribution in [2.45, 2.75) is 39.2 Å². The highest BCUT2D eigenvalue weighted by Crippen LogP contribution is 2.32. The van der Waals surface area contributed by atoms with E-state index in [4.69, 9.17) is 4.52 Å². The molecule has 0 saturated carbocycles. The fraction of sp³-hybridized carbons (Fsp3) is 0.389. The SMILES string of the molecule is Cc1ccc2c(C(=O)N3CCCCC3c3cc(C)on3)cnn2c1. The van der Waals surface area contributed by atoms with E-state index in [0.29, 0.717) is 5.56 Å². The average Bonchev–Trinajstić information content (AvgIpc) is 3.20. The Morgan fingerprint density at radius 2 is 2.17 bits per heavy atom. The van der Waals surface area contributed by atoms with E-state index >= 15 is 0 Å². The highest BCUT2D eigenvalue weighted by molar-refractivity contribution is 6.00. The number of amides is 1. The first kappa shape index (κ1) is 14.9. The lowest BCUT2D eigenvalue weighted by Gasteiger charge is -2.34. The summed E-state index contributed by atoms with van der Waals surface area (Å²) in [6.45, 7) is 4.62. The second kappa shape index (κ2) is 5.78. The Bertz CT molecular complexity index is 895. The van der Waals surface area contributed by atoms with E-state index in [2.05, 4.69) is 10.3 Å². The molecule has 24 heavy (non-hydrogen) atoms. The van der Waals surface area contributed by atoms with Crippen LogP contribution in [0.3, 0.4) is 0 Å². The summed E-state index contributed by atoms with van der Waals surface area (Å²) in [5.74, 6) is 0.786. The summed E-state index contributed by atoms with van der Waals surface area (Å²) < 4.78 is 6.98. The lowest BCUT2D eigenvalue weighted by atomic mass is 9.98. The van der Waals surface area contributed by atoms with Gasteiger partial charge in [0.05, 0.1) is 23.3 Å². The van der Waals surface area contributed by atoms with Gasteiger partial charge in [-0.15, -0.1) is 0 Å². The number of fused-ring (bicyclic) bond motifs is 1. The van der Waals surface area contributed by atoms with Gasteiger partial charge in [0.2, 0.25) is 0 Å². The third-order valence-corrected chi connectivity index (χ3v) is 4.65. The predicted octanol–water partition coefficient (Wildman–Crippen LogP) is 3.31. The molecule has 1 amide bonds. The van der Waals surface area contributed by atoms with Crippen LogP contribution in [0.25, 0.3) is 5.52 Å². The van der Waals surface area contributed by atoms with Gasteiger partial charge in [0, 0.05) is 18.8 Å². The zero-order valence-corrected chi connectivity index (χ0v) is 13.9. The molecule has 1 atom stereocenters. The van der Waals surface area contributed by atoms with Crippen LogP contribution < -0.4 is 0 Å². The fourth-order valence-electron chi connectivity index (χ4n) is 3.43. The number of hydrogen-bond acceptors (Lipinski definition) is 4. The van der Waals surface area contributed by atoms with Gasteiger partial charge in [-0.25, -0.2) is 4.52 Å². The Hall–Kier alpha value is -2.63. The largest absolute Gasteiger partial charge is 0.361 e. The number of piperidine rings is 1. The first-order valence-electron chi connectivity index (χ1n) is 8.31. The molecular formula is C18H20N4O2. The van der Waals surface area contributed by atoms with Crippen molar-refractivity contribution in [3.63, 3.8) is 0 Å². The van der Waals surface area contributed by atoms with Crippen molar-refractivity contribution in [1.29, 1.82) is 0 Å². The Labute approximate surface area is 140 Å². The van der Waals surface area contributed by atoms with E-state index in [1.807, 2.05) is 43.1 Å². The predicted molar refractivity (Wildman–Crippen MR) is 88.8 cm³/mol. The molecule has 1 unspecified atom stereocenters. The van der Waals surface area contributed by atoms with Gasteiger partial charge >= 0.3 is 0 Å². The fourth-order valence-corrected chi connectivity index (χ4v) is 3.43. The van der Waals surface area contributed by atoms with Crippen molar-refractivity contribution < 1.29 is 9.32 Å². The molecule has 1 aliphatic heterocycles. The first-order chi connectivity index (χ1) is 11.6. The van der Waals surface area contributed by atoms with E-state index in [1.165, 1.54) is 0 Å². The second-order valence-electron chi connectivity index (χ2n) is 6.47. The Morgan fingerprint density at radius 3 is 2.96 bits per heavy atom. The van der Waals surface area contributed by atoms with Crippen molar-refractivity contribution in [3.05, 3.63) is 53.2 Å². The number of likely N-dealkylation sites (tertiary alicyclic amines) is 1. The van der Waals surface area contributed by atoms with Crippen LogP contribution in [-0.2, 0) is 0 Å². The maximum absolute atomic E-state index is 13.2. The Kier molecular flexibility index (Phi) is 3.59. The average molecular weight is 324 g/mol. The topological polar surface area (TPSA) is 63.6 Å². The number of nitrogens with zero attached hydrogens (tertiary/aromatic N) is 4. The molecule has 4 heterocycles. The number of carbonyl (C=O) groups excluding carboxylic acids is 1. The lowest BCUT2D eigenvalue weighted by molar-refractivity contribution is 0.0604. The van der Waals surface area contributed by atoms with Crippen LogP contribution in [0.5, 0.6) is 0 Å². The Balaban J connectivity index is 1.70. The third kappa shape index (κ3) is 2.48. The van der Waals surface area contributed by atoms with Gasteiger partial charge in [0.25, 0.3) is 5.91 Å². The smallest absolute Gasteiger partial charge is 0.258 e. The molecule has 0 spiro atoms. The molecule has 0 radical (unpaired) electrons. The van der Waals surface area contributed by atoms with E-state index in [0.717, 1.165) is 48.3 Å². The molecule has 3 aromatic heterocycles. The van der Waals surface area contributed by atoms with Gasteiger partial charge < -0.3 is 9.42 Å². The van der Waals surface area contributed by atoms with Crippen molar-refractivity contribution in [3.8, 4) is 0 Å². The highest BCUT2D eigenvalue weighted by atomic mass is 16.5. The molecule has 124 valence electrons. The molecule has 0 bridgehead atoms. The summed E-state index contributed by atoms with van der Waals surface area (Å²) in [5, 5.41) is 8.47. The molecule has 6 nitrogen and oxygen atoms in total. The van der Waals surface area contributed by atoms with Crippen LogP contribution in [0.4, 0.5) is 0 Å². The minimum Gasteiger partial charge on any atom is -0.361 e. The van der Waals surface area contributed by atoms with Crippen molar-refractivity contribution >= 4 is 11.4 Å². The minimum absolute atomic E-state index is 0.0132. The maximum Gasteiger partial charge on any atom is 0.258 e. The summed E-state index contributed by atoms with van der Waals surface area (Å²) in [4.78, 5) is 15.1. The van der Waals surface area contributed by atoms with Gasteiger partial charge in [-0.05, 0) is 44.7 Å². The van der Waals surface area contributed by atoms with Crippen LogP contribution >= 0.6 is 0 Å². The van der Waals surface area contributed by atoms with Crippen LogP contribution in [-0.4, -0.2) is 32.1 Å². The minimum atomic E-state index is -0.0240. The number of carbonyl (C=O) groups is 1. The standard InChI is InChI=1S/C18H20N4O2/c1-12-6-7-16-14(10-19-22(16)11-12)18(23)21-8-4-3-5-17(21)15-9-13(2)24-20-15/h6-7,9-11,17H,3-5,8H2,1-2H3. The summed E-state index contributed by atoms with van der Waals surface area (Å²) in [6.07, 6.45) is 6.61. The molecule has 0 aliphatic carbocycles. The van der Waals surface area contributed by atoms with Crippen LogP contribution in [0, 0.1) is 13.8 Å². The molecule has 0 aromatic carbocycles. The van der Waals surface area contributed by atoms with Gasteiger partial charge in [-0.3, -0.25) is 4.79 Å². The van der Waals surface area contributed by atoms with Crippen LogP contribution in [0.2, 0.25) is 0 Å². The molecule has 4 rings (SSSR count). The van der Waals surface area contributed by atoms with E-state index in [9.17, 15) is 4.79 Å². The zero-order chi connectivity index (χ0) is 16.7. The molecule has 1 fully saturated rings. The first-order valence-corrected chi connectivity index (χ1v) is 8.31. The molecule has 0 N–H and O–H groups in total. The highest BCUT2D eigenvalue weighted by Gasteiger charge is 2.32. The maximum atomic E-state index is 13.2. The summed E-state index contributed by atoms with van der Waals surface area (Å²) >= 11 is 0. The molecule has 3 aromatic rings. The number of rotatable bonds is 2. The molecule has 1 aliphatic rings. The molecule has 1 saturated heterocycles. The molecular weight excluding hydrogens is 304 g/mol. The van der Waals surface area contributed by atoms with Gasteiger partial charge in [-0.1, -0.05) is 11.2 Å². The number of pyridine rings is 1. The van der Waals surface area contributed by atoms with Crippen molar-refractivity contribution in [1.82, 2.24) is 19.7 Å². The quantitative estimate of drug-likeness (QED) is 0.725. The molecule has 6 heteroatoms. The summed E-state index contributed by atoms with van der Waals surface area (Å²) in [7, 11) is 0. The monoisotopic (exact) mass is 324 g/mol. The van der Waals surface area contributed by atoms with Crippen molar-refractivity contribution in [2.24, 2.45) is 0 Å². The third-order valence-electron chi connectivity index (χ3n) is 4.65. The van der Waals surface area contributed by atoms with E-state index in [1.54, 1.807) is 10.7 Å². The number of aryl methyl sites for hydroxylation is 2. The van der Waals surface area contributed by atoms with E-state index < -0.39 is 0 Å². The zero-order valence-electron chi connectivity index (χ0n) is 13.9. The van der Waals surface area contributed by atoms with Gasteiger partial charge in [-0.2, -0.15) is 5.10 Å². The van der Waals surface area contributed by atoms with Gasteiger partial charge in [0.15, 0.2) is 0 Å². The lowest BCUT2D eigenvalue weighted by Crippen LogP contribution is -2.38. The normalized spacial score (nSPS) is 18.2. The van der Waals surface area contributed by atoms with Crippen LogP contribution in [0.1, 0.15) is 52.7 Å². The van der Waals surface area contributed by atoms with E-state index in [-0.39, 0.29) is 11.9 Å². The Morgan fingerprint density at radius 1 is 1.29 bits per heavy atom. The summed E-state index contributed by atoms with van der Waals surface area (Å²) in [6, 6.07) is 5.86. The number of hydrogen-bond donors (Lipinski definition) is 0. The van der Waals surface area contributed by atoms with Gasteiger partial charge in [0.1, 0.15) is 11.5 Å². The number of aromatic nitrogens is 3. The summed E-state index contributed by atoms with van der Waals surface area (Å²) in [5.41, 5.74) is 3.43. The van der Waals surface area contributed by atoms with Crippen molar-refractivity contribution in [2.75, 3.05) is 6.54 Å². The van der Waals surface area contributed by atoms with Crippen LogP contribution in [0.15, 0.2) is 35.1 Å².